The fraction of sp³-hybridized carbons (Fsp3) is 0.263. The number of carbonyl (C=O) groups is 1. The number of aryl methyl sites for hydroxylation is 1. The Morgan fingerprint density at radius 2 is 1.92 bits per heavy atom. The van der Waals surface area contributed by atoms with Gasteiger partial charge in [-0.2, -0.15) is 5.10 Å². The van der Waals surface area contributed by atoms with E-state index in [-0.39, 0.29) is 12.5 Å². The van der Waals surface area contributed by atoms with E-state index in [1.165, 1.54) is 0 Å². The third-order valence-electron chi connectivity index (χ3n) is 3.57. The Labute approximate surface area is 152 Å². The number of hydrazone groups is 1. The van der Waals surface area contributed by atoms with Crippen molar-refractivity contribution < 1.29 is 14.3 Å². The predicted octanol–water partition coefficient (Wildman–Crippen LogP) is 3.97. The molecule has 5 nitrogen and oxygen atoms in total. The highest BCUT2D eigenvalue weighted by Gasteiger charge is 2.07. The second-order valence-corrected chi connectivity index (χ2v) is 5.81. The largest absolute Gasteiger partial charge is 0.497 e. The van der Waals surface area contributed by atoms with Crippen LogP contribution in [-0.4, -0.2) is 25.3 Å². The molecule has 0 atom stereocenters. The maximum atomic E-state index is 12.0. The molecule has 0 aliphatic rings. The first-order valence-electron chi connectivity index (χ1n) is 7.92. The van der Waals surface area contributed by atoms with E-state index in [1.807, 2.05) is 38.1 Å². The molecule has 2 rings (SSSR count). The Kier molecular flexibility index (Phi) is 6.83. The standard InChI is InChI=1S/C19H21ClN2O3/c1-4-17(14-5-8-16(24-3)9-6-14)21-22-19(23)12-25-18-10-7-15(20)11-13(18)2/h5-11H,4,12H2,1-3H3,(H,22,23). The summed E-state index contributed by atoms with van der Waals surface area (Å²) in [5.74, 6) is 1.07. The van der Waals surface area contributed by atoms with Crippen LogP contribution in [0, 0.1) is 6.92 Å². The molecule has 0 aromatic heterocycles. The lowest BCUT2D eigenvalue weighted by Gasteiger charge is -2.09. The summed E-state index contributed by atoms with van der Waals surface area (Å²) < 4.78 is 10.6. The number of methoxy groups -OCH3 is 1. The fourth-order valence-electron chi connectivity index (χ4n) is 2.21. The van der Waals surface area contributed by atoms with Crippen molar-refractivity contribution in [3.8, 4) is 11.5 Å². The lowest BCUT2D eigenvalue weighted by Crippen LogP contribution is -2.26. The number of benzene rings is 2. The second kappa shape index (κ2) is 9.08. The molecule has 1 amide bonds. The number of hydrogen-bond acceptors (Lipinski definition) is 4. The van der Waals surface area contributed by atoms with E-state index < -0.39 is 0 Å². The Morgan fingerprint density at radius 3 is 2.52 bits per heavy atom. The summed E-state index contributed by atoms with van der Waals surface area (Å²) in [4.78, 5) is 12.0. The summed E-state index contributed by atoms with van der Waals surface area (Å²) >= 11 is 5.90. The molecule has 132 valence electrons. The quantitative estimate of drug-likeness (QED) is 0.600. The van der Waals surface area contributed by atoms with E-state index in [4.69, 9.17) is 21.1 Å². The maximum absolute atomic E-state index is 12.0. The minimum atomic E-state index is -0.325. The lowest BCUT2D eigenvalue weighted by molar-refractivity contribution is -0.123. The van der Waals surface area contributed by atoms with Crippen LogP contribution in [0.25, 0.3) is 0 Å². The van der Waals surface area contributed by atoms with Crippen LogP contribution in [0.5, 0.6) is 11.5 Å². The number of nitrogens with one attached hydrogen (secondary N) is 1. The number of amides is 1. The Morgan fingerprint density at radius 1 is 1.20 bits per heavy atom. The van der Waals surface area contributed by atoms with Crippen molar-refractivity contribution in [3.63, 3.8) is 0 Å². The molecule has 2 aromatic rings. The van der Waals surface area contributed by atoms with Crippen molar-refractivity contribution in [1.29, 1.82) is 0 Å². The van der Waals surface area contributed by atoms with Gasteiger partial charge in [0.25, 0.3) is 5.91 Å². The second-order valence-electron chi connectivity index (χ2n) is 5.37. The van der Waals surface area contributed by atoms with Gasteiger partial charge in [-0.1, -0.05) is 18.5 Å². The summed E-state index contributed by atoms with van der Waals surface area (Å²) in [6, 6.07) is 12.8. The minimum Gasteiger partial charge on any atom is -0.497 e. The number of hydrogen-bond donors (Lipinski definition) is 1. The van der Waals surface area contributed by atoms with Gasteiger partial charge in [0.05, 0.1) is 12.8 Å². The molecular weight excluding hydrogens is 340 g/mol. The normalized spacial score (nSPS) is 11.1. The Balaban J connectivity index is 1.94. The van der Waals surface area contributed by atoms with Crippen LogP contribution in [0.2, 0.25) is 5.02 Å². The van der Waals surface area contributed by atoms with Crippen molar-refractivity contribution in [2.45, 2.75) is 20.3 Å². The molecule has 0 saturated carbocycles. The molecule has 6 heteroatoms. The van der Waals surface area contributed by atoms with Crippen LogP contribution in [0.3, 0.4) is 0 Å². The first kappa shape index (κ1) is 18.8. The molecule has 0 radical (unpaired) electrons. The topological polar surface area (TPSA) is 59.9 Å². The number of ether oxygens (including phenoxy) is 2. The van der Waals surface area contributed by atoms with E-state index in [0.717, 1.165) is 22.6 Å². The average Bonchev–Trinajstić information content (AvgIpc) is 2.62. The van der Waals surface area contributed by atoms with Gasteiger partial charge >= 0.3 is 0 Å². The van der Waals surface area contributed by atoms with Crippen LogP contribution >= 0.6 is 11.6 Å². The zero-order valence-electron chi connectivity index (χ0n) is 14.5. The molecule has 2 aromatic carbocycles. The van der Waals surface area contributed by atoms with Gasteiger partial charge in [0, 0.05) is 5.02 Å². The van der Waals surface area contributed by atoms with Crippen LogP contribution in [0.4, 0.5) is 0 Å². The zero-order valence-corrected chi connectivity index (χ0v) is 15.3. The fourth-order valence-corrected chi connectivity index (χ4v) is 2.44. The predicted molar refractivity (Wildman–Crippen MR) is 99.6 cm³/mol. The molecule has 0 spiro atoms. The summed E-state index contributed by atoms with van der Waals surface area (Å²) in [7, 11) is 1.62. The zero-order chi connectivity index (χ0) is 18.2. The summed E-state index contributed by atoms with van der Waals surface area (Å²) in [5, 5.41) is 4.82. The number of rotatable bonds is 7. The van der Waals surface area contributed by atoms with Gasteiger partial charge in [-0.3, -0.25) is 4.79 Å². The molecule has 0 saturated heterocycles. The summed E-state index contributed by atoms with van der Waals surface area (Å²) in [5.41, 5.74) is 5.11. The van der Waals surface area contributed by atoms with Crippen molar-refractivity contribution >= 4 is 23.2 Å². The first-order chi connectivity index (χ1) is 12.0. The van der Waals surface area contributed by atoms with Crippen molar-refractivity contribution in [3.05, 3.63) is 58.6 Å². The third kappa shape index (κ3) is 5.50. The smallest absolute Gasteiger partial charge is 0.277 e. The Hall–Kier alpha value is -2.53. The van der Waals surface area contributed by atoms with Crippen molar-refractivity contribution in [2.24, 2.45) is 5.10 Å². The summed E-state index contributed by atoms with van der Waals surface area (Å²) in [6.45, 7) is 3.73. The highest BCUT2D eigenvalue weighted by atomic mass is 35.5. The monoisotopic (exact) mass is 360 g/mol. The molecular formula is C19H21ClN2O3. The highest BCUT2D eigenvalue weighted by molar-refractivity contribution is 6.30. The van der Waals surface area contributed by atoms with Gasteiger partial charge < -0.3 is 9.47 Å². The van der Waals surface area contributed by atoms with Gasteiger partial charge in [-0.15, -0.1) is 0 Å². The van der Waals surface area contributed by atoms with Crippen molar-refractivity contribution in [1.82, 2.24) is 5.43 Å². The number of carbonyl (C=O) groups excluding carboxylic acids is 1. The molecule has 0 heterocycles. The van der Waals surface area contributed by atoms with Crippen LogP contribution in [0.15, 0.2) is 47.6 Å². The van der Waals surface area contributed by atoms with Gasteiger partial charge in [-0.05, 0) is 66.9 Å². The van der Waals surface area contributed by atoms with Crippen LogP contribution in [0.1, 0.15) is 24.5 Å². The first-order valence-corrected chi connectivity index (χ1v) is 8.30. The lowest BCUT2D eigenvalue weighted by atomic mass is 10.1. The highest BCUT2D eigenvalue weighted by Crippen LogP contribution is 2.21. The summed E-state index contributed by atoms with van der Waals surface area (Å²) in [6.07, 6.45) is 0.684. The molecule has 1 N–H and O–H groups in total. The van der Waals surface area contributed by atoms with E-state index >= 15 is 0 Å². The average molecular weight is 361 g/mol. The maximum Gasteiger partial charge on any atom is 0.277 e. The van der Waals surface area contributed by atoms with Gasteiger partial charge in [0.1, 0.15) is 11.5 Å². The van der Waals surface area contributed by atoms with E-state index in [0.29, 0.717) is 17.2 Å². The Bertz CT molecular complexity index is 758. The molecule has 0 aliphatic carbocycles. The van der Waals surface area contributed by atoms with Crippen LogP contribution < -0.4 is 14.9 Å². The third-order valence-corrected chi connectivity index (χ3v) is 3.80. The molecule has 0 bridgehead atoms. The molecule has 25 heavy (non-hydrogen) atoms. The van der Waals surface area contributed by atoms with E-state index in [2.05, 4.69) is 10.5 Å². The van der Waals surface area contributed by atoms with E-state index in [9.17, 15) is 4.79 Å². The van der Waals surface area contributed by atoms with Crippen LogP contribution in [-0.2, 0) is 4.79 Å². The van der Waals surface area contributed by atoms with E-state index in [1.54, 1.807) is 25.3 Å². The van der Waals surface area contributed by atoms with Gasteiger partial charge in [0.15, 0.2) is 6.61 Å². The minimum absolute atomic E-state index is 0.119. The number of nitrogens with zero attached hydrogens (tertiary/aromatic N) is 1. The molecule has 0 aliphatic heterocycles. The SMILES string of the molecule is CCC(=NNC(=O)COc1ccc(Cl)cc1C)c1ccc(OC)cc1. The van der Waals surface area contributed by atoms with Crippen molar-refractivity contribution in [2.75, 3.05) is 13.7 Å². The van der Waals surface area contributed by atoms with Gasteiger partial charge in [0.2, 0.25) is 0 Å². The molecule has 0 unspecified atom stereocenters. The number of halogens is 1. The van der Waals surface area contributed by atoms with Gasteiger partial charge in [-0.25, -0.2) is 5.43 Å². The molecule has 0 fully saturated rings.